The molecule has 1 aliphatic heterocycles. The Morgan fingerprint density at radius 3 is 1.59 bits per heavy atom. The fourth-order valence-corrected chi connectivity index (χ4v) is 3.99. The van der Waals surface area contributed by atoms with Gasteiger partial charge in [0.25, 0.3) is 0 Å². The van der Waals surface area contributed by atoms with Crippen molar-refractivity contribution >= 4 is 30.0 Å². The molecule has 37 heavy (non-hydrogen) atoms. The van der Waals surface area contributed by atoms with Gasteiger partial charge in [-0.05, 0) is 6.42 Å². The van der Waals surface area contributed by atoms with Crippen LogP contribution in [0.4, 0.5) is 0 Å². The van der Waals surface area contributed by atoms with E-state index >= 15 is 0 Å². The summed E-state index contributed by atoms with van der Waals surface area (Å²) in [6.45, 7) is 6.27. The Hall–Kier alpha value is -2.61. The van der Waals surface area contributed by atoms with Crippen LogP contribution in [0, 0.1) is 0 Å². The second-order valence-electron chi connectivity index (χ2n) is 9.24. The van der Waals surface area contributed by atoms with Gasteiger partial charge in [-0.1, -0.05) is 19.8 Å². The van der Waals surface area contributed by atoms with Gasteiger partial charge in [0.15, 0.2) is 0 Å². The van der Waals surface area contributed by atoms with Crippen LogP contribution in [0.1, 0.15) is 32.6 Å². The average Bonchev–Trinajstić information content (AvgIpc) is 2.83. The minimum Gasteiger partial charge on any atom is -0.480 e. The van der Waals surface area contributed by atoms with Crippen molar-refractivity contribution in [3.05, 3.63) is 0 Å². The van der Waals surface area contributed by atoms with Gasteiger partial charge in [0.1, 0.15) is 6.29 Å². The molecule has 4 N–H and O–H groups in total. The number of carboxylic acids is 2. The molecule has 0 saturated carbocycles. The lowest BCUT2D eigenvalue weighted by Crippen LogP contribution is -2.49. The molecule has 0 aromatic carbocycles. The summed E-state index contributed by atoms with van der Waals surface area (Å²) in [5.41, 5.74) is 0. The van der Waals surface area contributed by atoms with Gasteiger partial charge in [0, 0.05) is 71.9 Å². The normalized spacial score (nSPS) is 17.3. The van der Waals surface area contributed by atoms with Crippen LogP contribution in [0.2, 0.25) is 0 Å². The van der Waals surface area contributed by atoms with E-state index in [1.807, 2.05) is 9.80 Å². The Morgan fingerprint density at radius 1 is 0.676 bits per heavy atom. The third kappa shape index (κ3) is 16.7. The van der Waals surface area contributed by atoms with Crippen molar-refractivity contribution in [2.75, 3.05) is 91.6 Å². The molecular weight excluding hydrogens is 484 g/mol. The fourth-order valence-electron chi connectivity index (χ4n) is 3.99. The van der Waals surface area contributed by atoms with Crippen molar-refractivity contribution in [1.29, 1.82) is 0 Å². The summed E-state index contributed by atoms with van der Waals surface area (Å²) in [6.07, 6.45) is 4.06. The van der Waals surface area contributed by atoms with E-state index in [0.717, 1.165) is 25.5 Å². The quantitative estimate of drug-likeness (QED) is 0.143. The Labute approximate surface area is 219 Å². The van der Waals surface area contributed by atoms with Crippen molar-refractivity contribution in [1.82, 2.24) is 30.2 Å². The van der Waals surface area contributed by atoms with Gasteiger partial charge in [-0.2, -0.15) is 0 Å². The predicted molar refractivity (Wildman–Crippen MR) is 137 cm³/mol. The van der Waals surface area contributed by atoms with Gasteiger partial charge in [-0.15, -0.1) is 0 Å². The van der Waals surface area contributed by atoms with Gasteiger partial charge in [0.2, 0.25) is 11.8 Å². The average molecular weight is 529 g/mol. The molecule has 0 unspecified atom stereocenters. The smallest absolute Gasteiger partial charge is 0.317 e. The highest BCUT2D eigenvalue weighted by molar-refractivity contribution is 5.80. The van der Waals surface area contributed by atoms with E-state index in [2.05, 4.69) is 17.6 Å². The van der Waals surface area contributed by atoms with Gasteiger partial charge in [-0.3, -0.25) is 38.8 Å². The largest absolute Gasteiger partial charge is 0.480 e. The van der Waals surface area contributed by atoms with E-state index in [9.17, 15) is 34.2 Å². The van der Waals surface area contributed by atoms with E-state index in [1.165, 1.54) is 0 Å². The van der Waals surface area contributed by atoms with E-state index in [0.29, 0.717) is 58.9 Å². The number of carboxylic acid groups (broad SMARTS) is 2. The molecule has 1 saturated heterocycles. The number of hydrogen-bond donors (Lipinski definition) is 4. The molecule has 0 aromatic rings. The molecule has 0 aromatic heterocycles. The van der Waals surface area contributed by atoms with Crippen molar-refractivity contribution < 1.29 is 34.2 Å². The SMILES string of the molecule is CCCCCNC(=O)CCNC(=O)CN1CCN(CC=O)CCN(CC(=O)O)CCN(CC(=O)O)CC1. The van der Waals surface area contributed by atoms with Gasteiger partial charge >= 0.3 is 11.9 Å². The van der Waals surface area contributed by atoms with Crippen LogP contribution in [-0.2, 0) is 24.0 Å². The summed E-state index contributed by atoms with van der Waals surface area (Å²) in [5.74, 6) is -2.28. The molecule has 0 atom stereocenters. The fraction of sp³-hybridized carbons (Fsp3) is 0.792. The van der Waals surface area contributed by atoms with E-state index < -0.39 is 11.9 Å². The molecular formula is C24H44N6O7. The van der Waals surface area contributed by atoms with E-state index in [-0.39, 0.29) is 51.0 Å². The summed E-state index contributed by atoms with van der Waals surface area (Å²) in [4.78, 5) is 65.5. The van der Waals surface area contributed by atoms with Crippen LogP contribution < -0.4 is 10.6 Å². The van der Waals surface area contributed by atoms with E-state index in [4.69, 9.17) is 0 Å². The lowest BCUT2D eigenvalue weighted by Gasteiger charge is -2.32. The molecule has 2 amide bonds. The molecule has 0 bridgehead atoms. The maximum Gasteiger partial charge on any atom is 0.317 e. The van der Waals surface area contributed by atoms with Crippen LogP contribution in [-0.4, -0.2) is 151 Å². The van der Waals surface area contributed by atoms with Crippen LogP contribution >= 0.6 is 0 Å². The van der Waals surface area contributed by atoms with Crippen molar-refractivity contribution in [2.45, 2.75) is 32.6 Å². The highest BCUT2D eigenvalue weighted by atomic mass is 16.4. The summed E-state index contributed by atoms with van der Waals surface area (Å²) in [5, 5.41) is 24.1. The third-order valence-corrected chi connectivity index (χ3v) is 6.12. The Kier molecular flexibility index (Phi) is 17.1. The van der Waals surface area contributed by atoms with Crippen LogP contribution in [0.15, 0.2) is 0 Å². The number of nitrogens with one attached hydrogen (secondary N) is 2. The highest BCUT2D eigenvalue weighted by Gasteiger charge is 2.20. The monoisotopic (exact) mass is 528 g/mol. The second-order valence-corrected chi connectivity index (χ2v) is 9.24. The number of aliphatic carboxylic acids is 2. The number of unbranched alkanes of at least 4 members (excludes halogenated alkanes) is 2. The number of nitrogens with zero attached hydrogens (tertiary/aromatic N) is 4. The highest BCUT2D eigenvalue weighted by Crippen LogP contribution is 2.01. The first kappa shape index (κ1) is 32.4. The number of amides is 2. The third-order valence-electron chi connectivity index (χ3n) is 6.12. The Bertz CT molecular complexity index is 724. The topological polar surface area (TPSA) is 163 Å². The molecule has 13 heteroatoms. The minimum atomic E-state index is -0.980. The predicted octanol–water partition coefficient (Wildman–Crippen LogP) is -1.61. The minimum absolute atomic E-state index is 0.0824. The number of carbonyl (C=O) groups excluding carboxylic acids is 3. The second kappa shape index (κ2) is 19.5. The van der Waals surface area contributed by atoms with Gasteiger partial charge in [0.05, 0.1) is 26.2 Å². The van der Waals surface area contributed by atoms with Crippen molar-refractivity contribution in [3.8, 4) is 0 Å². The first-order chi connectivity index (χ1) is 17.7. The standard InChI is InChI=1S/C24H44N6O7/c1-2-3-4-6-25-21(32)5-7-26-22(33)18-28-10-8-27(16-17-31)9-11-29(19-23(34)35)14-15-30(13-12-28)20-24(36)37/h17H,2-16,18-20H2,1H3,(H,25,32)(H,26,33)(H,34,35)(H,36,37). The molecule has 0 spiro atoms. The van der Waals surface area contributed by atoms with Crippen LogP contribution in [0.5, 0.6) is 0 Å². The zero-order valence-electron chi connectivity index (χ0n) is 22.0. The first-order valence-corrected chi connectivity index (χ1v) is 13.0. The number of hydrogen-bond acceptors (Lipinski definition) is 9. The summed E-state index contributed by atoms with van der Waals surface area (Å²) >= 11 is 0. The lowest BCUT2D eigenvalue weighted by molar-refractivity contribution is -0.140. The zero-order valence-corrected chi connectivity index (χ0v) is 22.0. The van der Waals surface area contributed by atoms with Crippen molar-refractivity contribution in [2.24, 2.45) is 0 Å². The summed E-state index contributed by atoms with van der Waals surface area (Å²) < 4.78 is 0. The lowest BCUT2D eigenvalue weighted by atomic mass is 10.2. The number of carbonyl (C=O) groups is 5. The Morgan fingerprint density at radius 2 is 1.14 bits per heavy atom. The van der Waals surface area contributed by atoms with Gasteiger partial charge < -0.3 is 25.6 Å². The molecule has 1 heterocycles. The number of aldehydes is 1. The van der Waals surface area contributed by atoms with Crippen LogP contribution in [0.3, 0.4) is 0 Å². The Balaban J connectivity index is 2.69. The molecule has 1 aliphatic rings. The summed E-state index contributed by atoms with van der Waals surface area (Å²) in [7, 11) is 0. The zero-order chi connectivity index (χ0) is 27.5. The van der Waals surface area contributed by atoms with E-state index in [1.54, 1.807) is 9.80 Å². The molecule has 0 aliphatic carbocycles. The molecule has 13 nitrogen and oxygen atoms in total. The molecule has 0 radical (unpaired) electrons. The van der Waals surface area contributed by atoms with Gasteiger partial charge in [-0.25, -0.2) is 0 Å². The molecule has 1 fully saturated rings. The molecule has 1 rings (SSSR count). The molecule has 212 valence electrons. The summed E-state index contributed by atoms with van der Waals surface area (Å²) in [6, 6.07) is 0. The maximum absolute atomic E-state index is 12.6. The maximum atomic E-state index is 12.6. The van der Waals surface area contributed by atoms with Crippen molar-refractivity contribution in [3.63, 3.8) is 0 Å². The first-order valence-electron chi connectivity index (χ1n) is 13.0. The number of rotatable bonds is 15. The van der Waals surface area contributed by atoms with Crippen LogP contribution in [0.25, 0.3) is 0 Å².